The predicted molar refractivity (Wildman–Crippen MR) is 33.0 cm³/mol. The Morgan fingerprint density at radius 3 is 2.67 bits per heavy atom. The molecule has 3 heteroatoms. The van der Waals surface area contributed by atoms with E-state index < -0.39 is 5.97 Å². The van der Waals surface area contributed by atoms with Gasteiger partial charge in [0.05, 0.1) is 18.8 Å². The first-order valence-electron chi connectivity index (χ1n) is 2.63. The Morgan fingerprint density at radius 2 is 2.33 bits per heavy atom. The quantitative estimate of drug-likeness (QED) is 0.578. The van der Waals surface area contributed by atoms with Crippen LogP contribution in [-0.4, -0.2) is 17.7 Å². The predicted octanol–water partition coefficient (Wildman–Crippen LogP) is 1.01. The van der Waals surface area contributed by atoms with E-state index in [1.165, 1.54) is 0 Å². The van der Waals surface area contributed by atoms with Crippen LogP contribution in [0.1, 0.15) is 13.3 Å². The van der Waals surface area contributed by atoms with Gasteiger partial charge in [-0.15, -0.1) is 0 Å². The fourth-order valence-electron chi connectivity index (χ4n) is 0.313. The SMILES string of the molecule is C=C(C)OCCC(=O)O. The summed E-state index contributed by atoms with van der Waals surface area (Å²) in [5.74, 6) is -0.299. The van der Waals surface area contributed by atoms with Crippen molar-refractivity contribution in [2.45, 2.75) is 13.3 Å². The van der Waals surface area contributed by atoms with Crippen LogP contribution in [0.15, 0.2) is 12.3 Å². The lowest BCUT2D eigenvalue weighted by Gasteiger charge is -2.00. The Kier molecular flexibility index (Phi) is 3.51. The lowest BCUT2D eigenvalue weighted by atomic mass is 10.5. The van der Waals surface area contributed by atoms with Crippen LogP contribution < -0.4 is 0 Å². The summed E-state index contributed by atoms with van der Waals surface area (Å²) in [6.07, 6.45) is 0.0346. The molecule has 0 rings (SSSR count). The van der Waals surface area contributed by atoms with Gasteiger partial charge in [-0.25, -0.2) is 0 Å². The summed E-state index contributed by atoms with van der Waals surface area (Å²) in [5.41, 5.74) is 0. The zero-order valence-electron chi connectivity index (χ0n) is 5.39. The number of hydrogen-bond donors (Lipinski definition) is 1. The largest absolute Gasteiger partial charge is 0.498 e. The van der Waals surface area contributed by atoms with Gasteiger partial charge in [-0.2, -0.15) is 0 Å². The minimum atomic E-state index is -0.851. The molecule has 1 N–H and O–H groups in total. The Hall–Kier alpha value is -0.990. The van der Waals surface area contributed by atoms with Crippen LogP contribution in [0, 0.1) is 0 Å². The van der Waals surface area contributed by atoms with E-state index in [0.29, 0.717) is 5.76 Å². The molecule has 0 spiro atoms. The third-order valence-electron chi connectivity index (χ3n) is 0.664. The van der Waals surface area contributed by atoms with Crippen molar-refractivity contribution in [2.75, 3.05) is 6.61 Å². The molecule has 9 heavy (non-hydrogen) atoms. The van der Waals surface area contributed by atoms with Gasteiger partial charge >= 0.3 is 5.97 Å². The summed E-state index contributed by atoms with van der Waals surface area (Å²) >= 11 is 0. The molecule has 0 atom stereocenters. The van der Waals surface area contributed by atoms with Crippen molar-refractivity contribution in [1.82, 2.24) is 0 Å². The third kappa shape index (κ3) is 7.01. The highest BCUT2D eigenvalue weighted by molar-refractivity contribution is 5.66. The van der Waals surface area contributed by atoms with E-state index in [0.717, 1.165) is 0 Å². The third-order valence-corrected chi connectivity index (χ3v) is 0.664. The van der Waals surface area contributed by atoms with E-state index >= 15 is 0 Å². The molecule has 0 aromatic carbocycles. The first-order chi connectivity index (χ1) is 4.13. The summed E-state index contributed by atoms with van der Waals surface area (Å²) in [6.45, 7) is 5.33. The van der Waals surface area contributed by atoms with Gasteiger partial charge in [-0.05, 0) is 6.92 Å². The number of allylic oxidation sites excluding steroid dienone is 1. The van der Waals surface area contributed by atoms with Crippen molar-refractivity contribution < 1.29 is 14.6 Å². The van der Waals surface area contributed by atoms with Crippen LogP contribution in [-0.2, 0) is 9.53 Å². The minimum absolute atomic E-state index is 0.0346. The Bertz CT molecular complexity index is 103. The molecular weight excluding hydrogens is 120 g/mol. The molecule has 0 bridgehead atoms. The Morgan fingerprint density at radius 1 is 1.78 bits per heavy atom. The summed E-state index contributed by atoms with van der Waals surface area (Å²) in [5, 5.41) is 8.12. The van der Waals surface area contributed by atoms with Gasteiger partial charge in [0, 0.05) is 0 Å². The first kappa shape index (κ1) is 8.01. The molecule has 0 unspecified atom stereocenters. The van der Waals surface area contributed by atoms with E-state index in [2.05, 4.69) is 6.58 Å². The van der Waals surface area contributed by atoms with E-state index in [-0.39, 0.29) is 13.0 Å². The van der Waals surface area contributed by atoms with Gasteiger partial charge in [0.15, 0.2) is 0 Å². The second-order valence-corrected chi connectivity index (χ2v) is 1.69. The van der Waals surface area contributed by atoms with Gasteiger partial charge in [0.1, 0.15) is 0 Å². The van der Waals surface area contributed by atoms with Crippen molar-refractivity contribution in [2.24, 2.45) is 0 Å². The highest BCUT2D eigenvalue weighted by Crippen LogP contribution is 1.91. The maximum atomic E-state index is 9.87. The Labute approximate surface area is 53.9 Å². The summed E-state index contributed by atoms with van der Waals surface area (Å²) in [7, 11) is 0. The zero-order chi connectivity index (χ0) is 7.28. The lowest BCUT2D eigenvalue weighted by molar-refractivity contribution is -0.137. The molecule has 0 aromatic heterocycles. The molecule has 0 amide bonds. The van der Waals surface area contributed by atoms with Crippen LogP contribution in [0.5, 0.6) is 0 Å². The molecule has 52 valence electrons. The summed E-state index contributed by atoms with van der Waals surface area (Å²) < 4.78 is 4.78. The van der Waals surface area contributed by atoms with Gasteiger partial charge in [0.2, 0.25) is 0 Å². The van der Waals surface area contributed by atoms with Crippen LogP contribution in [0.4, 0.5) is 0 Å². The topological polar surface area (TPSA) is 46.5 Å². The number of aliphatic carboxylic acids is 1. The van der Waals surface area contributed by atoms with Crippen molar-refractivity contribution in [3.05, 3.63) is 12.3 Å². The van der Waals surface area contributed by atoms with Crippen molar-refractivity contribution in [1.29, 1.82) is 0 Å². The second kappa shape index (κ2) is 3.95. The van der Waals surface area contributed by atoms with E-state index in [9.17, 15) is 4.79 Å². The smallest absolute Gasteiger partial charge is 0.306 e. The van der Waals surface area contributed by atoms with Crippen LogP contribution in [0.2, 0.25) is 0 Å². The fourth-order valence-corrected chi connectivity index (χ4v) is 0.313. The maximum Gasteiger partial charge on any atom is 0.306 e. The highest BCUT2D eigenvalue weighted by atomic mass is 16.5. The van der Waals surface area contributed by atoms with Crippen molar-refractivity contribution in [3.63, 3.8) is 0 Å². The molecule has 0 radical (unpaired) electrons. The van der Waals surface area contributed by atoms with Crippen LogP contribution in [0.3, 0.4) is 0 Å². The minimum Gasteiger partial charge on any atom is -0.498 e. The number of hydrogen-bond acceptors (Lipinski definition) is 2. The average Bonchev–Trinajstić information content (AvgIpc) is 1.63. The molecule has 0 heterocycles. The molecule has 3 nitrogen and oxygen atoms in total. The van der Waals surface area contributed by atoms with Crippen LogP contribution >= 0.6 is 0 Å². The zero-order valence-corrected chi connectivity index (χ0v) is 5.39. The molecule has 0 aliphatic rings. The molecular formula is C6H10O3. The van der Waals surface area contributed by atoms with Crippen LogP contribution in [0.25, 0.3) is 0 Å². The van der Waals surface area contributed by atoms with Crippen molar-refractivity contribution >= 4 is 5.97 Å². The van der Waals surface area contributed by atoms with Gasteiger partial charge in [0.25, 0.3) is 0 Å². The number of ether oxygens (including phenoxy) is 1. The molecule has 0 aromatic rings. The normalized spacial score (nSPS) is 8.56. The van der Waals surface area contributed by atoms with E-state index in [4.69, 9.17) is 9.84 Å². The number of carboxylic acid groups (broad SMARTS) is 1. The molecule has 0 aliphatic carbocycles. The maximum absolute atomic E-state index is 9.87. The molecule has 0 fully saturated rings. The number of carboxylic acids is 1. The number of rotatable bonds is 4. The molecule has 0 saturated heterocycles. The summed E-state index contributed by atoms with van der Waals surface area (Å²) in [4.78, 5) is 9.87. The van der Waals surface area contributed by atoms with E-state index in [1.807, 2.05) is 0 Å². The average molecular weight is 130 g/mol. The highest BCUT2D eigenvalue weighted by Gasteiger charge is 1.94. The summed E-state index contributed by atoms with van der Waals surface area (Å²) in [6, 6.07) is 0. The fraction of sp³-hybridized carbons (Fsp3) is 0.500. The molecule has 0 aliphatic heterocycles. The lowest BCUT2D eigenvalue weighted by Crippen LogP contribution is -2.00. The van der Waals surface area contributed by atoms with Gasteiger partial charge < -0.3 is 9.84 Å². The van der Waals surface area contributed by atoms with E-state index in [1.54, 1.807) is 6.92 Å². The second-order valence-electron chi connectivity index (χ2n) is 1.69. The number of carbonyl (C=O) groups is 1. The first-order valence-corrected chi connectivity index (χ1v) is 2.63. The Balaban J connectivity index is 3.10. The van der Waals surface area contributed by atoms with Gasteiger partial charge in [-0.3, -0.25) is 4.79 Å². The standard InChI is InChI=1S/C6H10O3/c1-5(2)9-4-3-6(7)8/h1,3-4H2,2H3,(H,7,8). The monoisotopic (exact) mass is 130 g/mol. The van der Waals surface area contributed by atoms with Crippen molar-refractivity contribution in [3.8, 4) is 0 Å². The van der Waals surface area contributed by atoms with Gasteiger partial charge in [-0.1, -0.05) is 6.58 Å². The molecule has 0 saturated carbocycles.